The maximum Gasteiger partial charge on any atom is 0.292 e. The number of nitrogens with zero attached hydrogens (tertiary/aromatic N) is 1. The van der Waals surface area contributed by atoms with Crippen molar-refractivity contribution in [2.24, 2.45) is 0 Å². The molecule has 1 amide bonds. The number of nitrogen functional groups attached to an aromatic ring is 1. The quantitative estimate of drug-likeness (QED) is 0.451. The number of aliphatic hydroxyl groups is 1. The number of amides is 1. The Labute approximate surface area is 120 Å². The van der Waals surface area contributed by atoms with E-state index in [0.29, 0.717) is 11.3 Å². The fourth-order valence-corrected chi connectivity index (χ4v) is 1.79. The summed E-state index contributed by atoms with van der Waals surface area (Å²) in [5.41, 5.74) is 6.44. The highest BCUT2D eigenvalue weighted by Gasteiger charge is 2.15. The monoisotopic (exact) mass is 287 g/mol. The normalized spacial score (nSPS) is 10.1. The van der Waals surface area contributed by atoms with Gasteiger partial charge >= 0.3 is 0 Å². The van der Waals surface area contributed by atoms with Crippen molar-refractivity contribution in [3.8, 4) is 0 Å². The van der Waals surface area contributed by atoms with Gasteiger partial charge in [0.2, 0.25) is 0 Å². The average Bonchev–Trinajstić information content (AvgIpc) is 2.47. The largest absolute Gasteiger partial charge is 0.393 e. The zero-order valence-electron chi connectivity index (χ0n) is 10.9. The van der Waals surface area contributed by atoms with Gasteiger partial charge in [0.25, 0.3) is 11.6 Å². The molecule has 21 heavy (non-hydrogen) atoms. The Morgan fingerprint density at radius 2 is 2.05 bits per heavy atom. The molecule has 2 rings (SSSR count). The van der Waals surface area contributed by atoms with Gasteiger partial charge < -0.3 is 16.2 Å². The van der Waals surface area contributed by atoms with Crippen molar-refractivity contribution >= 4 is 23.0 Å². The van der Waals surface area contributed by atoms with Gasteiger partial charge in [0, 0.05) is 17.3 Å². The predicted molar refractivity (Wildman–Crippen MR) is 77.8 cm³/mol. The molecule has 2 aromatic carbocycles. The van der Waals surface area contributed by atoms with Crippen LogP contribution in [0, 0.1) is 10.1 Å². The van der Waals surface area contributed by atoms with Crippen molar-refractivity contribution in [3.63, 3.8) is 0 Å². The average molecular weight is 287 g/mol. The number of benzene rings is 2. The summed E-state index contributed by atoms with van der Waals surface area (Å²) in [6.45, 7) is -0.142. The van der Waals surface area contributed by atoms with Gasteiger partial charge in [0.15, 0.2) is 0 Å². The fourth-order valence-electron chi connectivity index (χ4n) is 1.79. The first-order valence-electron chi connectivity index (χ1n) is 6.06. The molecule has 0 aliphatic rings. The van der Waals surface area contributed by atoms with Gasteiger partial charge in [0.05, 0.1) is 11.5 Å². The van der Waals surface area contributed by atoms with E-state index >= 15 is 0 Å². The Morgan fingerprint density at radius 3 is 2.71 bits per heavy atom. The molecule has 108 valence electrons. The standard InChI is InChI=1S/C14H13N3O4/c15-12-5-4-10(7-13(12)17(20)21)14(19)16-11-3-1-2-9(6-11)8-18/h1-7,18H,8,15H2,(H,16,19). The van der Waals surface area contributed by atoms with Gasteiger partial charge in [-0.3, -0.25) is 14.9 Å². The molecule has 0 atom stereocenters. The summed E-state index contributed by atoms with van der Waals surface area (Å²) in [5.74, 6) is -0.492. The Morgan fingerprint density at radius 1 is 1.29 bits per heavy atom. The maximum absolute atomic E-state index is 12.1. The first-order valence-corrected chi connectivity index (χ1v) is 6.06. The topological polar surface area (TPSA) is 118 Å². The molecule has 7 heteroatoms. The van der Waals surface area contributed by atoms with Gasteiger partial charge in [-0.05, 0) is 29.8 Å². The molecule has 0 aliphatic carbocycles. The second-order valence-electron chi connectivity index (χ2n) is 4.34. The summed E-state index contributed by atoms with van der Waals surface area (Å²) >= 11 is 0. The molecule has 0 bridgehead atoms. The lowest BCUT2D eigenvalue weighted by Gasteiger charge is -2.07. The molecule has 0 saturated heterocycles. The molecule has 0 unspecified atom stereocenters. The number of hydrogen-bond acceptors (Lipinski definition) is 5. The van der Waals surface area contributed by atoms with Crippen molar-refractivity contribution < 1.29 is 14.8 Å². The van der Waals surface area contributed by atoms with Crippen LogP contribution in [0.4, 0.5) is 17.1 Å². The highest BCUT2D eigenvalue weighted by molar-refractivity contribution is 6.05. The van der Waals surface area contributed by atoms with E-state index in [-0.39, 0.29) is 23.5 Å². The summed E-state index contributed by atoms with van der Waals surface area (Å²) in [4.78, 5) is 22.2. The molecule has 0 heterocycles. The third kappa shape index (κ3) is 3.34. The molecule has 0 spiro atoms. The number of hydrogen-bond donors (Lipinski definition) is 3. The number of carbonyl (C=O) groups excluding carboxylic acids is 1. The van der Waals surface area contributed by atoms with Crippen LogP contribution in [0.1, 0.15) is 15.9 Å². The van der Waals surface area contributed by atoms with Crippen LogP contribution in [0.2, 0.25) is 0 Å². The number of nitrogens with one attached hydrogen (secondary N) is 1. The number of anilines is 2. The van der Waals surface area contributed by atoms with Crippen molar-refractivity contribution in [3.05, 3.63) is 63.7 Å². The molecule has 0 radical (unpaired) electrons. The third-order valence-corrected chi connectivity index (χ3v) is 2.86. The smallest absolute Gasteiger partial charge is 0.292 e. The van der Waals surface area contributed by atoms with Crippen LogP contribution in [-0.4, -0.2) is 15.9 Å². The minimum atomic E-state index is -0.640. The zero-order valence-corrected chi connectivity index (χ0v) is 10.9. The highest BCUT2D eigenvalue weighted by Crippen LogP contribution is 2.23. The predicted octanol–water partition coefficient (Wildman–Crippen LogP) is 1.92. The molecular weight excluding hydrogens is 274 g/mol. The molecule has 0 aliphatic heterocycles. The van der Waals surface area contributed by atoms with E-state index in [2.05, 4.69) is 5.32 Å². The van der Waals surface area contributed by atoms with Crippen LogP contribution in [0.15, 0.2) is 42.5 Å². The van der Waals surface area contributed by atoms with E-state index in [1.807, 2.05) is 0 Å². The highest BCUT2D eigenvalue weighted by atomic mass is 16.6. The van der Waals surface area contributed by atoms with E-state index in [9.17, 15) is 14.9 Å². The molecule has 0 fully saturated rings. The summed E-state index contributed by atoms with van der Waals surface area (Å²) in [5, 5.41) is 22.4. The second-order valence-corrected chi connectivity index (χ2v) is 4.34. The molecular formula is C14H13N3O4. The lowest BCUT2D eigenvalue weighted by molar-refractivity contribution is -0.383. The van der Waals surface area contributed by atoms with Crippen molar-refractivity contribution in [1.29, 1.82) is 0 Å². The Kier molecular flexibility index (Phi) is 4.15. The molecule has 4 N–H and O–H groups in total. The Bertz CT molecular complexity index is 700. The van der Waals surface area contributed by atoms with Crippen LogP contribution in [-0.2, 0) is 6.61 Å². The van der Waals surface area contributed by atoms with Crippen LogP contribution in [0.25, 0.3) is 0 Å². The number of carbonyl (C=O) groups is 1. The van der Waals surface area contributed by atoms with E-state index in [1.165, 1.54) is 12.1 Å². The summed E-state index contributed by atoms with van der Waals surface area (Å²) in [6, 6.07) is 10.5. The lowest BCUT2D eigenvalue weighted by atomic mass is 10.1. The third-order valence-electron chi connectivity index (χ3n) is 2.86. The number of aliphatic hydroxyl groups excluding tert-OH is 1. The van der Waals surface area contributed by atoms with Crippen molar-refractivity contribution in [1.82, 2.24) is 0 Å². The minimum absolute atomic E-state index is 0.00109. The fraction of sp³-hybridized carbons (Fsp3) is 0.0714. The van der Waals surface area contributed by atoms with Crippen LogP contribution in [0.5, 0.6) is 0 Å². The minimum Gasteiger partial charge on any atom is -0.393 e. The molecule has 0 saturated carbocycles. The van der Waals surface area contributed by atoms with Gasteiger partial charge in [-0.1, -0.05) is 12.1 Å². The number of nitrogens with two attached hydrogens (primary N) is 1. The zero-order chi connectivity index (χ0) is 15.4. The molecule has 0 aromatic heterocycles. The summed E-state index contributed by atoms with van der Waals surface area (Å²) in [7, 11) is 0. The Balaban J connectivity index is 2.24. The SMILES string of the molecule is Nc1ccc(C(=O)Nc2cccc(CO)c2)cc1[N+](=O)[O-]. The first kappa shape index (κ1) is 14.5. The maximum atomic E-state index is 12.1. The summed E-state index contributed by atoms with van der Waals surface area (Å²) < 4.78 is 0. The van der Waals surface area contributed by atoms with Gasteiger partial charge in [0.1, 0.15) is 5.69 Å². The van der Waals surface area contributed by atoms with Crippen LogP contribution in [0.3, 0.4) is 0 Å². The Hall–Kier alpha value is -2.93. The van der Waals surface area contributed by atoms with Gasteiger partial charge in [-0.2, -0.15) is 0 Å². The van der Waals surface area contributed by atoms with E-state index in [4.69, 9.17) is 10.8 Å². The molecule has 2 aromatic rings. The first-order chi connectivity index (χ1) is 10.0. The van der Waals surface area contributed by atoms with Crippen molar-refractivity contribution in [2.45, 2.75) is 6.61 Å². The summed E-state index contributed by atoms with van der Waals surface area (Å²) in [6.07, 6.45) is 0. The van der Waals surface area contributed by atoms with E-state index in [0.717, 1.165) is 6.07 Å². The number of nitro benzene ring substituents is 1. The van der Waals surface area contributed by atoms with E-state index < -0.39 is 10.8 Å². The van der Waals surface area contributed by atoms with E-state index in [1.54, 1.807) is 24.3 Å². The molecule has 7 nitrogen and oxygen atoms in total. The second kappa shape index (κ2) is 6.02. The van der Waals surface area contributed by atoms with Gasteiger partial charge in [-0.25, -0.2) is 0 Å². The van der Waals surface area contributed by atoms with Crippen LogP contribution < -0.4 is 11.1 Å². The number of nitro groups is 1. The van der Waals surface area contributed by atoms with Gasteiger partial charge in [-0.15, -0.1) is 0 Å². The number of rotatable bonds is 4. The van der Waals surface area contributed by atoms with Crippen LogP contribution >= 0.6 is 0 Å². The van der Waals surface area contributed by atoms with Crippen molar-refractivity contribution in [2.75, 3.05) is 11.1 Å². The lowest BCUT2D eigenvalue weighted by Crippen LogP contribution is -2.12.